The zero-order valence-electron chi connectivity index (χ0n) is 13.2. The first kappa shape index (κ1) is 15.4. The summed E-state index contributed by atoms with van der Waals surface area (Å²) in [7, 11) is 0. The van der Waals surface area contributed by atoms with Crippen molar-refractivity contribution in [2.24, 2.45) is 0 Å². The summed E-state index contributed by atoms with van der Waals surface area (Å²) in [5.41, 5.74) is 1.30. The van der Waals surface area contributed by atoms with Crippen LogP contribution in [0.1, 0.15) is 70.9 Å². The second kappa shape index (κ2) is 7.12. The van der Waals surface area contributed by atoms with Gasteiger partial charge in [-0.1, -0.05) is 51.3 Å². The van der Waals surface area contributed by atoms with E-state index in [9.17, 15) is 0 Å². The first-order valence-corrected chi connectivity index (χ1v) is 8.20. The molecule has 0 saturated heterocycles. The Morgan fingerprint density at radius 1 is 1.20 bits per heavy atom. The molecule has 0 bridgehead atoms. The van der Waals surface area contributed by atoms with Gasteiger partial charge >= 0.3 is 0 Å². The topological polar surface area (TPSA) is 21.3 Å². The fraction of sp³-hybridized carbons (Fsp3) is 0.667. The van der Waals surface area contributed by atoms with E-state index in [2.05, 4.69) is 50.4 Å². The highest BCUT2D eigenvalue weighted by molar-refractivity contribution is 5.38. The number of hydrogen-bond acceptors (Lipinski definition) is 2. The summed E-state index contributed by atoms with van der Waals surface area (Å²) in [6.45, 7) is 7.81. The molecule has 0 radical (unpaired) electrons. The smallest absolute Gasteiger partial charge is 0.124 e. The van der Waals surface area contributed by atoms with Crippen molar-refractivity contribution in [3.63, 3.8) is 0 Å². The lowest BCUT2D eigenvalue weighted by atomic mass is 9.86. The van der Waals surface area contributed by atoms with E-state index in [1.807, 2.05) is 0 Å². The molecule has 2 atom stereocenters. The maximum absolute atomic E-state index is 6.20. The van der Waals surface area contributed by atoms with Crippen molar-refractivity contribution in [2.75, 3.05) is 6.54 Å². The molecule has 1 aromatic carbocycles. The predicted molar refractivity (Wildman–Crippen MR) is 85.3 cm³/mol. The highest BCUT2D eigenvalue weighted by atomic mass is 16.5. The molecule has 0 aliphatic carbocycles. The average Bonchev–Trinajstić information content (AvgIpc) is 2.47. The molecule has 1 aliphatic heterocycles. The Labute approximate surface area is 123 Å². The quantitative estimate of drug-likeness (QED) is 0.718. The number of fused-ring (bicyclic) bond motifs is 1. The highest BCUT2D eigenvalue weighted by Crippen LogP contribution is 2.40. The van der Waals surface area contributed by atoms with Gasteiger partial charge in [0.25, 0.3) is 0 Å². The zero-order valence-corrected chi connectivity index (χ0v) is 13.2. The molecule has 0 aromatic heterocycles. The van der Waals surface area contributed by atoms with E-state index in [1.54, 1.807) is 0 Å². The largest absolute Gasteiger partial charge is 0.487 e. The Balaban J connectivity index is 2.00. The summed E-state index contributed by atoms with van der Waals surface area (Å²) in [6.07, 6.45) is 7.37. The third-order valence-electron chi connectivity index (χ3n) is 4.46. The van der Waals surface area contributed by atoms with Gasteiger partial charge in [-0.2, -0.15) is 0 Å². The van der Waals surface area contributed by atoms with Gasteiger partial charge in [0.2, 0.25) is 0 Å². The molecule has 0 saturated carbocycles. The van der Waals surface area contributed by atoms with Gasteiger partial charge in [0.15, 0.2) is 0 Å². The lowest BCUT2D eigenvalue weighted by Crippen LogP contribution is -2.41. The fourth-order valence-electron chi connectivity index (χ4n) is 2.94. The maximum atomic E-state index is 6.20. The van der Waals surface area contributed by atoms with Crippen LogP contribution in [0.2, 0.25) is 0 Å². The SMILES string of the molecule is CCCCCCNC1CC(C)(CC)Oc2ccccc21. The first-order chi connectivity index (χ1) is 9.68. The van der Waals surface area contributed by atoms with Gasteiger partial charge in [-0.25, -0.2) is 0 Å². The van der Waals surface area contributed by atoms with Crippen LogP contribution >= 0.6 is 0 Å². The van der Waals surface area contributed by atoms with Crippen LogP contribution in [0, 0.1) is 0 Å². The summed E-state index contributed by atoms with van der Waals surface area (Å²) < 4.78 is 6.20. The summed E-state index contributed by atoms with van der Waals surface area (Å²) in [5.74, 6) is 1.06. The van der Waals surface area contributed by atoms with Crippen molar-refractivity contribution in [1.29, 1.82) is 0 Å². The van der Waals surface area contributed by atoms with Crippen LogP contribution in [0.25, 0.3) is 0 Å². The lowest BCUT2D eigenvalue weighted by Gasteiger charge is -2.40. The lowest BCUT2D eigenvalue weighted by molar-refractivity contribution is 0.0442. The third-order valence-corrected chi connectivity index (χ3v) is 4.46. The van der Waals surface area contributed by atoms with Crippen molar-refractivity contribution in [3.8, 4) is 5.75 Å². The summed E-state index contributed by atoms with van der Waals surface area (Å²) >= 11 is 0. The van der Waals surface area contributed by atoms with Gasteiger partial charge in [-0.3, -0.25) is 0 Å². The number of hydrogen-bond donors (Lipinski definition) is 1. The Morgan fingerprint density at radius 3 is 2.75 bits per heavy atom. The molecule has 2 unspecified atom stereocenters. The van der Waals surface area contributed by atoms with Crippen LogP contribution in [0.4, 0.5) is 0 Å². The Hall–Kier alpha value is -1.02. The van der Waals surface area contributed by atoms with E-state index in [0.29, 0.717) is 6.04 Å². The molecule has 0 fully saturated rings. The van der Waals surface area contributed by atoms with Gasteiger partial charge in [-0.05, 0) is 32.4 Å². The van der Waals surface area contributed by atoms with Crippen LogP contribution in [-0.2, 0) is 0 Å². The van der Waals surface area contributed by atoms with E-state index in [0.717, 1.165) is 25.1 Å². The molecule has 112 valence electrons. The minimum atomic E-state index is -0.0323. The summed E-state index contributed by atoms with van der Waals surface area (Å²) in [5, 5.41) is 3.75. The van der Waals surface area contributed by atoms with E-state index >= 15 is 0 Å². The van der Waals surface area contributed by atoms with Crippen molar-refractivity contribution in [3.05, 3.63) is 29.8 Å². The molecule has 1 N–H and O–H groups in total. The minimum Gasteiger partial charge on any atom is -0.487 e. The first-order valence-electron chi connectivity index (χ1n) is 8.20. The van der Waals surface area contributed by atoms with E-state index in [1.165, 1.54) is 31.2 Å². The maximum Gasteiger partial charge on any atom is 0.124 e. The van der Waals surface area contributed by atoms with E-state index in [-0.39, 0.29) is 5.60 Å². The molecular formula is C18H29NO. The molecule has 1 heterocycles. The normalized spacial score (nSPS) is 25.1. The Bertz CT molecular complexity index is 418. The molecule has 0 spiro atoms. The molecule has 2 nitrogen and oxygen atoms in total. The highest BCUT2D eigenvalue weighted by Gasteiger charge is 2.35. The van der Waals surface area contributed by atoms with Crippen molar-refractivity contribution >= 4 is 0 Å². The fourth-order valence-corrected chi connectivity index (χ4v) is 2.94. The van der Waals surface area contributed by atoms with Gasteiger partial charge < -0.3 is 10.1 Å². The van der Waals surface area contributed by atoms with Crippen LogP contribution in [0.3, 0.4) is 0 Å². The Kier molecular flexibility index (Phi) is 5.47. The number of ether oxygens (including phenoxy) is 1. The van der Waals surface area contributed by atoms with Gasteiger partial charge in [0.1, 0.15) is 11.4 Å². The second-order valence-electron chi connectivity index (χ2n) is 6.21. The van der Waals surface area contributed by atoms with Crippen LogP contribution in [0.5, 0.6) is 5.75 Å². The van der Waals surface area contributed by atoms with Crippen molar-refractivity contribution < 1.29 is 4.74 Å². The standard InChI is InChI=1S/C18H29NO/c1-4-6-7-10-13-19-16-14-18(3,5-2)20-17-12-9-8-11-15(16)17/h8-9,11-12,16,19H,4-7,10,13-14H2,1-3H3. The number of nitrogens with one attached hydrogen (secondary N) is 1. The molecule has 1 aliphatic rings. The number of rotatable bonds is 7. The number of unbranched alkanes of at least 4 members (excludes halogenated alkanes) is 3. The molecular weight excluding hydrogens is 246 g/mol. The molecule has 20 heavy (non-hydrogen) atoms. The van der Waals surface area contributed by atoms with Crippen molar-refractivity contribution in [2.45, 2.75) is 70.9 Å². The van der Waals surface area contributed by atoms with E-state index in [4.69, 9.17) is 4.74 Å². The third kappa shape index (κ3) is 3.76. The van der Waals surface area contributed by atoms with Gasteiger partial charge in [-0.15, -0.1) is 0 Å². The predicted octanol–water partition coefficient (Wildman–Crippen LogP) is 4.85. The van der Waals surface area contributed by atoms with Crippen LogP contribution < -0.4 is 10.1 Å². The number of para-hydroxylation sites is 1. The van der Waals surface area contributed by atoms with Gasteiger partial charge in [0.05, 0.1) is 0 Å². The Morgan fingerprint density at radius 2 is 2.00 bits per heavy atom. The van der Waals surface area contributed by atoms with Crippen LogP contribution in [-0.4, -0.2) is 12.1 Å². The number of benzene rings is 1. The summed E-state index contributed by atoms with van der Waals surface area (Å²) in [6, 6.07) is 8.93. The molecule has 2 heteroatoms. The summed E-state index contributed by atoms with van der Waals surface area (Å²) in [4.78, 5) is 0. The monoisotopic (exact) mass is 275 g/mol. The van der Waals surface area contributed by atoms with E-state index < -0.39 is 0 Å². The van der Waals surface area contributed by atoms with Crippen LogP contribution in [0.15, 0.2) is 24.3 Å². The zero-order chi connectivity index (χ0) is 14.4. The molecule has 1 aromatic rings. The second-order valence-corrected chi connectivity index (χ2v) is 6.21. The average molecular weight is 275 g/mol. The van der Waals surface area contributed by atoms with Crippen molar-refractivity contribution in [1.82, 2.24) is 5.32 Å². The molecule has 2 rings (SSSR count). The van der Waals surface area contributed by atoms with Gasteiger partial charge in [0, 0.05) is 18.0 Å². The minimum absolute atomic E-state index is 0.0323. The molecule has 0 amide bonds.